The topological polar surface area (TPSA) is 26.3 Å². The Hall–Kier alpha value is -1.09. The lowest BCUT2D eigenvalue weighted by molar-refractivity contribution is -0.140. The maximum atomic E-state index is 12.6. The van der Waals surface area contributed by atoms with Crippen LogP contribution < -0.4 is 4.74 Å². The van der Waals surface area contributed by atoms with Crippen LogP contribution in [0.5, 0.6) is 5.75 Å². The van der Waals surface area contributed by atoms with Crippen LogP contribution in [0.2, 0.25) is 18.1 Å². The van der Waals surface area contributed by atoms with E-state index in [1.54, 1.807) is 18.1 Å². The van der Waals surface area contributed by atoms with Gasteiger partial charge in [0.2, 0.25) is 0 Å². The highest BCUT2D eigenvalue weighted by Gasteiger charge is 2.33. The Balaban J connectivity index is 1.39. The Labute approximate surface area is 180 Å². The van der Waals surface area contributed by atoms with Crippen molar-refractivity contribution in [2.24, 2.45) is 17.8 Å². The average molecular weight is 415 g/mol. The lowest BCUT2D eigenvalue weighted by atomic mass is 9.74. The van der Waals surface area contributed by atoms with E-state index in [4.69, 9.17) is 4.74 Å². The van der Waals surface area contributed by atoms with E-state index < -0.39 is 0 Å². The molecule has 2 fully saturated rings. The molecule has 0 bridgehead atoms. The highest BCUT2D eigenvalue weighted by Crippen LogP contribution is 2.41. The Kier molecular flexibility index (Phi) is 9.29. The van der Waals surface area contributed by atoms with Crippen molar-refractivity contribution in [3.63, 3.8) is 0 Å². The molecule has 29 heavy (non-hydrogen) atoms. The first-order valence-electron chi connectivity index (χ1n) is 12.5. The molecule has 1 aromatic carbocycles. The summed E-state index contributed by atoms with van der Waals surface area (Å²) in [5.41, 5.74) is 1.34. The molecule has 3 heteroatoms. The molecule has 0 aromatic heterocycles. The monoisotopic (exact) mass is 414 g/mol. The highest BCUT2D eigenvalue weighted by atomic mass is 28.3. The predicted octanol–water partition coefficient (Wildman–Crippen LogP) is 7.18. The smallest absolute Gasteiger partial charge is 0.314 e. The summed E-state index contributed by atoms with van der Waals surface area (Å²) in [5, 5.41) is 0. The third-order valence-electron chi connectivity index (χ3n) is 7.57. The van der Waals surface area contributed by atoms with Crippen LogP contribution >= 0.6 is 0 Å². The molecule has 0 amide bonds. The van der Waals surface area contributed by atoms with Gasteiger partial charge in [-0.1, -0.05) is 76.2 Å². The van der Waals surface area contributed by atoms with Crippen LogP contribution in [0.1, 0.15) is 83.6 Å². The minimum Gasteiger partial charge on any atom is -0.426 e. The first-order chi connectivity index (χ1) is 14.2. The van der Waals surface area contributed by atoms with E-state index >= 15 is 0 Å². The predicted molar refractivity (Wildman–Crippen MR) is 125 cm³/mol. The number of hydrogen-bond donors (Lipinski definition) is 0. The fourth-order valence-corrected chi connectivity index (χ4v) is 9.17. The number of carbonyl (C=O) groups is 1. The van der Waals surface area contributed by atoms with Crippen LogP contribution in [0.3, 0.4) is 0 Å². The summed E-state index contributed by atoms with van der Waals surface area (Å²) in [6.07, 6.45) is 13.8. The number of aryl methyl sites for hydroxylation is 1. The summed E-state index contributed by atoms with van der Waals surface area (Å²) in [5.74, 6) is 2.66. The van der Waals surface area contributed by atoms with Crippen molar-refractivity contribution >= 4 is 14.8 Å². The number of benzene rings is 1. The molecule has 0 atom stereocenters. The second kappa shape index (κ2) is 11.9. The molecule has 0 radical (unpaired) electrons. The van der Waals surface area contributed by atoms with Crippen LogP contribution in [-0.4, -0.2) is 14.8 Å². The fourth-order valence-electron chi connectivity index (χ4n) is 5.69. The van der Waals surface area contributed by atoms with Gasteiger partial charge in [0.15, 0.2) is 0 Å². The Morgan fingerprint density at radius 2 is 1.55 bits per heavy atom. The number of unbranched alkanes of at least 4 members (excludes halogenated alkanes) is 2. The summed E-state index contributed by atoms with van der Waals surface area (Å²) in [4.78, 5) is 12.6. The molecule has 2 aliphatic rings. The molecule has 1 aliphatic heterocycles. The molecule has 162 valence electrons. The first kappa shape index (κ1) is 22.6. The van der Waals surface area contributed by atoms with Gasteiger partial charge in [0, 0.05) is 8.80 Å². The molecule has 0 N–H and O–H groups in total. The van der Waals surface area contributed by atoms with Crippen molar-refractivity contribution in [1.29, 1.82) is 0 Å². The van der Waals surface area contributed by atoms with Crippen LogP contribution in [0, 0.1) is 17.8 Å². The summed E-state index contributed by atoms with van der Waals surface area (Å²) in [6, 6.07) is 12.9. The number of rotatable bonds is 9. The van der Waals surface area contributed by atoms with E-state index in [0.29, 0.717) is 0 Å². The van der Waals surface area contributed by atoms with Gasteiger partial charge in [0.1, 0.15) is 5.75 Å². The molecule has 0 spiro atoms. The molecular formula is C26H42O2Si. The number of ether oxygens (including phenoxy) is 1. The van der Waals surface area contributed by atoms with Crippen molar-refractivity contribution in [2.75, 3.05) is 0 Å². The molecule has 2 nitrogen and oxygen atoms in total. The fraction of sp³-hybridized carbons (Fsp3) is 0.731. The second-order valence-electron chi connectivity index (χ2n) is 9.70. The summed E-state index contributed by atoms with van der Waals surface area (Å²) in [7, 11) is -0.374. The molecule has 1 saturated heterocycles. The van der Waals surface area contributed by atoms with E-state index in [0.717, 1.165) is 36.8 Å². The standard InChI is InChI=1S/C26H42O2Si/c1-3-5-6-7-21-8-14-25(15-9-21)28-26(27)24-12-10-22(11-13-24)23-16-19-29(18-4-2)20-17-23/h8-9,14-15,22-24,29H,3-7,10-13,16-20H2,1-2H3. The van der Waals surface area contributed by atoms with Gasteiger partial charge >= 0.3 is 5.97 Å². The number of hydrogen-bond acceptors (Lipinski definition) is 2. The van der Waals surface area contributed by atoms with Gasteiger partial charge in [-0.15, -0.1) is 0 Å². The zero-order chi connectivity index (χ0) is 20.5. The summed E-state index contributed by atoms with van der Waals surface area (Å²) in [6.45, 7) is 4.58. The summed E-state index contributed by atoms with van der Waals surface area (Å²) < 4.78 is 5.72. The quantitative estimate of drug-likeness (QED) is 0.185. The van der Waals surface area contributed by atoms with Crippen molar-refractivity contribution in [2.45, 2.75) is 103 Å². The van der Waals surface area contributed by atoms with Crippen LogP contribution in [0.15, 0.2) is 24.3 Å². The molecule has 1 aromatic rings. The van der Waals surface area contributed by atoms with Gasteiger partial charge in [0.25, 0.3) is 0 Å². The molecule has 1 aliphatic carbocycles. The van der Waals surface area contributed by atoms with E-state index in [1.165, 1.54) is 56.9 Å². The van der Waals surface area contributed by atoms with Crippen LogP contribution in [0.25, 0.3) is 0 Å². The van der Waals surface area contributed by atoms with Crippen LogP contribution in [0.4, 0.5) is 0 Å². The SMILES string of the molecule is CCCCCc1ccc(OC(=O)C2CCC(C3CC[SiH](CCC)CC3)CC2)cc1. The first-order valence-corrected chi connectivity index (χ1v) is 14.9. The minimum atomic E-state index is -0.374. The number of carbonyl (C=O) groups excluding carboxylic acids is 1. The van der Waals surface area contributed by atoms with Gasteiger partial charge in [-0.25, -0.2) is 0 Å². The van der Waals surface area contributed by atoms with Crippen molar-refractivity contribution in [3.8, 4) is 5.75 Å². The molecule has 3 rings (SSSR count). The largest absolute Gasteiger partial charge is 0.426 e. The minimum absolute atomic E-state index is 0.00115. The van der Waals surface area contributed by atoms with Crippen molar-refractivity contribution in [3.05, 3.63) is 29.8 Å². The molecule has 1 saturated carbocycles. The lowest BCUT2D eigenvalue weighted by Gasteiger charge is -2.37. The van der Waals surface area contributed by atoms with E-state index in [-0.39, 0.29) is 20.7 Å². The zero-order valence-electron chi connectivity index (χ0n) is 18.8. The summed E-state index contributed by atoms with van der Waals surface area (Å²) >= 11 is 0. The molecular weight excluding hydrogens is 372 g/mol. The van der Waals surface area contributed by atoms with Gasteiger partial charge in [-0.2, -0.15) is 0 Å². The Morgan fingerprint density at radius 3 is 2.17 bits per heavy atom. The van der Waals surface area contributed by atoms with Crippen molar-refractivity contribution in [1.82, 2.24) is 0 Å². The van der Waals surface area contributed by atoms with Gasteiger partial charge in [-0.05, 0) is 68.1 Å². The Bertz CT molecular complexity index is 596. The Morgan fingerprint density at radius 1 is 0.897 bits per heavy atom. The van der Waals surface area contributed by atoms with E-state index in [1.807, 2.05) is 12.1 Å². The van der Waals surface area contributed by atoms with Crippen LogP contribution in [-0.2, 0) is 11.2 Å². The second-order valence-corrected chi connectivity index (χ2v) is 13.2. The normalized spacial score (nSPS) is 27.5. The highest BCUT2D eigenvalue weighted by molar-refractivity contribution is 6.58. The lowest BCUT2D eigenvalue weighted by Crippen LogP contribution is -2.31. The number of esters is 1. The average Bonchev–Trinajstić information content (AvgIpc) is 2.76. The van der Waals surface area contributed by atoms with Gasteiger partial charge in [-0.3, -0.25) is 4.79 Å². The van der Waals surface area contributed by atoms with Gasteiger partial charge in [0.05, 0.1) is 5.92 Å². The van der Waals surface area contributed by atoms with Gasteiger partial charge < -0.3 is 4.74 Å². The van der Waals surface area contributed by atoms with E-state index in [2.05, 4.69) is 26.0 Å². The molecule has 1 heterocycles. The van der Waals surface area contributed by atoms with Crippen molar-refractivity contribution < 1.29 is 9.53 Å². The third kappa shape index (κ3) is 6.98. The maximum Gasteiger partial charge on any atom is 0.314 e. The molecule has 0 unspecified atom stereocenters. The maximum absolute atomic E-state index is 12.6. The zero-order valence-corrected chi connectivity index (χ0v) is 20.0. The van der Waals surface area contributed by atoms with E-state index in [9.17, 15) is 4.79 Å². The third-order valence-corrected chi connectivity index (χ3v) is 11.3.